The number of hydrogen-bond acceptors (Lipinski definition) is 3. The molecule has 0 bridgehead atoms. The van der Waals surface area contributed by atoms with Gasteiger partial charge in [-0.1, -0.05) is 32.1 Å². The van der Waals surface area contributed by atoms with Gasteiger partial charge in [0.05, 0.1) is 12.0 Å². The van der Waals surface area contributed by atoms with Gasteiger partial charge in [-0.3, -0.25) is 4.79 Å². The Hall–Kier alpha value is -0.610. The fourth-order valence-corrected chi connectivity index (χ4v) is 3.03. The maximum absolute atomic E-state index is 10.9. The molecule has 2 rings (SSSR count). The molecule has 1 heterocycles. The number of aliphatic carboxylic acids is 1. The third kappa shape index (κ3) is 3.68. The van der Waals surface area contributed by atoms with E-state index in [0.29, 0.717) is 6.04 Å². The van der Waals surface area contributed by atoms with Crippen LogP contribution in [0.1, 0.15) is 51.4 Å². The van der Waals surface area contributed by atoms with Crippen LogP contribution in [0.2, 0.25) is 0 Å². The van der Waals surface area contributed by atoms with Crippen LogP contribution in [0, 0.1) is 0 Å². The molecule has 0 radical (unpaired) electrons. The monoisotopic (exact) mass is 240 g/mol. The van der Waals surface area contributed by atoms with E-state index in [1.54, 1.807) is 0 Å². The van der Waals surface area contributed by atoms with Gasteiger partial charge in [0.2, 0.25) is 0 Å². The second kappa shape index (κ2) is 5.83. The summed E-state index contributed by atoms with van der Waals surface area (Å²) in [6.45, 7) is 1.60. The fourth-order valence-electron chi connectivity index (χ4n) is 3.03. The molecule has 17 heavy (non-hydrogen) atoms. The van der Waals surface area contributed by atoms with E-state index in [4.69, 9.17) is 5.11 Å². The lowest BCUT2D eigenvalue weighted by atomic mass is 9.85. The Bertz CT molecular complexity index is 256. The quantitative estimate of drug-likeness (QED) is 0.697. The average Bonchev–Trinajstić information content (AvgIpc) is 2.17. The van der Waals surface area contributed by atoms with Crippen LogP contribution in [0.3, 0.4) is 0 Å². The Morgan fingerprint density at radius 3 is 2.24 bits per heavy atom. The molecular formula is C13H24N2O2. The van der Waals surface area contributed by atoms with Crippen LogP contribution in [-0.4, -0.2) is 35.7 Å². The molecule has 1 saturated carbocycles. The summed E-state index contributed by atoms with van der Waals surface area (Å²) in [5.74, 6) is -0.690. The number of nitrogens with one attached hydrogen (secondary N) is 2. The van der Waals surface area contributed by atoms with E-state index in [1.165, 1.54) is 44.9 Å². The molecule has 1 aliphatic heterocycles. The minimum absolute atomic E-state index is 0.171. The molecule has 0 aromatic heterocycles. The van der Waals surface area contributed by atoms with Crippen LogP contribution in [0.15, 0.2) is 0 Å². The summed E-state index contributed by atoms with van der Waals surface area (Å²) in [7, 11) is 0. The van der Waals surface area contributed by atoms with Gasteiger partial charge in [0, 0.05) is 19.1 Å². The molecule has 1 aliphatic carbocycles. The standard InChI is InChI=1S/C13H24N2O2/c16-12(17)8-13(9-14-10-13)15-11-6-4-2-1-3-5-7-11/h11,14-15H,1-10H2,(H,16,17). The smallest absolute Gasteiger partial charge is 0.305 e. The zero-order chi connectivity index (χ0) is 12.1. The summed E-state index contributed by atoms with van der Waals surface area (Å²) in [6.07, 6.45) is 9.28. The van der Waals surface area contributed by atoms with Crippen molar-refractivity contribution < 1.29 is 9.90 Å². The highest BCUT2D eigenvalue weighted by Crippen LogP contribution is 2.23. The van der Waals surface area contributed by atoms with Crippen LogP contribution in [0.4, 0.5) is 0 Å². The highest BCUT2D eigenvalue weighted by molar-refractivity contribution is 5.68. The van der Waals surface area contributed by atoms with Gasteiger partial charge in [-0.2, -0.15) is 0 Å². The van der Waals surface area contributed by atoms with Gasteiger partial charge >= 0.3 is 5.97 Å². The van der Waals surface area contributed by atoms with Crippen molar-refractivity contribution in [3.63, 3.8) is 0 Å². The Balaban J connectivity index is 1.85. The van der Waals surface area contributed by atoms with E-state index >= 15 is 0 Å². The molecule has 0 aromatic carbocycles. The Morgan fingerprint density at radius 1 is 1.18 bits per heavy atom. The fraction of sp³-hybridized carbons (Fsp3) is 0.923. The van der Waals surface area contributed by atoms with Crippen molar-refractivity contribution in [1.29, 1.82) is 0 Å². The molecule has 0 spiro atoms. The van der Waals surface area contributed by atoms with Crippen molar-refractivity contribution in [2.45, 2.75) is 62.9 Å². The SMILES string of the molecule is O=C(O)CC1(NC2CCCCCCC2)CNC1. The van der Waals surface area contributed by atoms with E-state index in [1.807, 2.05) is 0 Å². The molecule has 4 nitrogen and oxygen atoms in total. The highest BCUT2D eigenvalue weighted by atomic mass is 16.4. The van der Waals surface area contributed by atoms with Gasteiger partial charge in [-0.05, 0) is 12.8 Å². The number of carboxylic acids is 1. The van der Waals surface area contributed by atoms with Gasteiger partial charge < -0.3 is 15.7 Å². The molecule has 0 atom stereocenters. The molecule has 0 amide bonds. The van der Waals surface area contributed by atoms with Gasteiger partial charge in [-0.25, -0.2) is 0 Å². The highest BCUT2D eigenvalue weighted by Gasteiger charge is 2.40. The maximum Gasteiger partial charge on any atom is 0.305 e. The molecule has 0 aromatic rings. The summed E-state index contributed by atoms with van der Waals surface area (Å²) in [6, 6.07) is 0.525. The molecule has 98 valence electrons. The lowest BCUT2D eigenvalue weighted by Gasteiger charge is -2.45. The number of rotatable bonds is 4. The van der Waals surface area contributed by atoms with Crippen molar-refractivity contribution >= 4 is 5.97 Å². The van der Waals surface area contributed by atoms with Crippen molar-refractivity contribution in [1.82, 2.24) is 10.6 Å². The number of carboxylic acid groups (broad SMARTS) is 1. The van der Waals surface area contributed by atoms with Gasteiger partial charge in [0.1, 0.15) is 0 Å². The van der Waals surface area contributed by atoms with E-state index in [0.717, 1.165) is 13.1 Å². The second-order valence-electron chi connectivity index (χ2n) is 5.64. The molecule has 4 heteroatoms. The van der Waals surface area contributed by atoms with Crippen LogP contribution in [0.25, 0.3) is 0 Å². The van der Waals surface area contributed by atoms with Crippen LogP contribution in [0.5, 0.6) is 0 Å². The summed E-state index contributed by atoms with van der Waals surface area (Å²) < 4.78 is 0. The topological polar surface area (TPSA) is 61.4 Å². The van der Waals surface area contributed by atoms with Crippen molar-refractivity contribution in [2.75, 3.05) is 13.1 Å². The number of carbonyl (C=O) groups is 1. The minimum atomic E-state index is -0.690. The predicted octanol–water partition coefficient (Wildman–Crippen LogP) is 1.51. The summed E-state index contributed by atoms with van der Waals surface area (Å²) >= 11 is 0. The Kier molecular flexibility index (Phi) is 4.40. The maximum atomic E-state index is 10.9. The van der Waals surface area contributed by atoms with Crippen LogP contribution in [-0.2, 0) is 4.79 Å². The average molecular weight is 240 g/mol. The third-order valence-electron chi connectivity index (χ3n) is 4.03. The van der Waals surface area contributed by atoms with Gasteiger partial charge in [-0.15, -0.1) is 0 Å². The largest absolute Gasteiger partial charge is 0.481 e. The third-order valence-corrected chi connectivity index (χ3v) is 4.03. The minimum Gasteiger partial charge on any atom is -0.481 e. The van der Waals surface area contributed by atoms with Crippen molar-refractivity contribution in [3.05, 3.63) is 0 Å². The molecule has 1 saturated heterocycles. The Labute approximate surface area is 103 Å². The molecule has 0 unspecified atom stereocenters. The lowest BCUT2D eigenvalue weighted by molar-refractivity contribution is -0.139. The first-order valence-corrected chi connectivity index (χ1v) is 6.90. The van der Waals surface area contributed by atoms with Crippen LogP contribution < -0.4 is 10.6 Å². The van der Waals surface area contributed by atoms with Crippen molar-refractivity contribution in [2.24, 2.45) is 0 Å². The summed E-state index contributed by atoms with van der Waals surface area (Å²) in [4.78, 5) is 10.9. The molecule has 2 fully saturated rings. The molecular weight excluding hydrogens is 216 g/mol. The Morgan fingerprint density at radius 2 is 1.76 bits per heavy atom. The van der Waals surface area contributed by atoms with E-state index in [9.17, 15) is 4.79 Å². The predicted molar refractivity (Wildman–Crippen MR) is 67.1 cm³/mol. The van der Waals surface area contributed by atoms with E-state index < -0.39 is 5.97 Å². The first kappa shape index (κ1) is 12.8. The van der Waals surface area contributed by atoms with E-state index in [-0.39, 0.29) is 12.0 Å². The van der Waals surface area contributed by atoms with E-state index in [2.05, 4.69) is 10.6 Å². The van der Waals surface area contributed by atoms with Crippen LogP contribution >= 0.6 is 0 Å². The zero-order valence-electron chi connectivity index (χ0n) is 10.5. The molecule has 2 aliphatic rings. The second-order valence-corrected chi connectivity index (χ2v) is 5.64. The van der Waals surface area contributed by atoms with Gasteiger partial charge in [0.25, 0.3) is 0 Å². The van der Waals surface area contributed by atoms with Gasteiger partial charge in [0.15, 0.2) is 0 Å². The zero-order valence-corrected chi connectivity index (χ0v) is 10.5. The number of hydrogen-bond donors (Lipinski definition) is 3. The summed E-state index contributed by atoms with van der Waals surface area (Å²) in [5, 5.41) is 15.8. The first-order valence-electron chi connectivity index (χ1n) is 6.90. The lowest BCUT2D eigenvalue weighted by Crippen LogP contribution is -2.70. The van der Waals surface area contributed by atoms with Crippen molar-refractivity contribution in [3.8, 4) is 0 Å². The normalized spacial score (nSPS) is 25.6. The first-order chi connectivity index (χ1) is 8.20. The summed E-state index contributed by atoms with van der Waals surface area (Å²) in [5.41, 5.74) is -0.171. The molecule has 3 N–H and O–H groups in total.